The Kier molecular flexibility index (Phi) is 8.42. The molecule has 2 nitrogen and oxygen atoms in total. The minimum Gasteiger partial charge on any atom is -0.310 e. The molecule has 0 aromatic heterocycles. The quantitative estimate of drug-likeness (QED) is 0.159. The van der Waals surface area contributed by atoms with E-state index in [1.54, 1.807) is 0 Å². The van der Waals surface area contributed by atoms with Crippen molar-refractivity contribution in [1.82, 2.24) is 0 Å². The van der Waals surface area contributed by atoms with Gasteiger partial charge in [0.05, 0.1) is 5.41 Å². The Labute approximate surface area is 353 Å². The standard InChI is InChI=1S/C58H44N2/c1-57(2)53-29-14-16-31-55(53)58(56-32-17-15-30-54(56)57)51-28-13-12-27-49(51)50-40-48(37-38-52(50)58)60(44-23-10-5-11-24-44)47-26-18-25-46(39-47)59(43-21-8-4-9-22-43)45-35-33-42(34-36-45)41-19-6-3-7-20-41/h3-40H,1-2H3. The van der Waals surface area contributed by atoms with Crippen LogP contribution in [0.15, 0.2) is 231 Å². The van der Waals surface area contributed by atoms with Gasteiger partial charge >= 0.3 is 0 Å². The molecule has 2 aliphatic carbocycles. The first-order valence-electron chi connectivity index (χ1n) is 20.9. The summed E-state index contributed by atoms with van der Waals surface area (Å²) in [6.07, 6.45) is 0. The third kappa shape index (κ3) is 5.48. The first kappa shape index (κ1) is 35.7. The van der Waals surface area contributed by atoms with E-state index in [1.165, 1.54) is 55.6 Å². The van der Waals surface area contributed by atoms with Crippen molar-refractivity contribution >= 4 is 34.1 Å². The van der Waals surface area contributed by atoms with E-state index in [9.17, 15) is 0 Å². The van der Waals surface area contributed by atoms with E-state index < -0.39 is 5.41 Å². The van der Waals surface area contributed by atoms with Crippen molar-refractivity contribution in [3.05, 3.63) is 264 Å². The van der Waals surface area contributed by atoms with Crippen LogP contribution in [-0.2, 0) is 10.8 Å². The fourth-order valence-corrected chi connectivity index (χ4v) is 10.2. The lowest BCUT2D eigenvalue weighted by Crippen LogP contribution is -2.40. The summed E-state index contributed by atoms with van der Waals surface area (Å²) < 4.78 is 0. The lowest BCUT2D eigenvalue weighted by molar-refractivity contribution is 0.563. The van der Waals surface area contributed by atoms with Gasteiger partial charge in [0.25, 0.3) is 0 Å². The summed E-state index contributed by atoms with van der Waals surface area (Å²) in [4.78, 5) is 4.76. The number of anilines is 6. The Morgan fingerprint density at radius 2 is 0.650 bits per heavy atom. The molecule has 2 heteroatoms. The second-order valence-electron chi connectivity index (χ2n) is 16.5. The predicted molar refractivity (Wildman–Crippen MR) is 251 cm³/mol. The van der Waals surface area contributed by atoms with Gasteiger partial charge < -0.3 is 9.80 Å². The smallest absolute Gasteiger partial charge is 0.0719 e. The van der Waals surface area contributed by atoms with Gasteiger partial charge in [-0.3, -0.25) is 0 Å². The fourth-order valence-electron chi connectivity index (χ4n) is 10.2. The van der Waals surface area contributed by atoms with E-state index in [1.807, 2.05) is 0 Å². The van der Waals surface area contributed by atoms with Crippen LogP contribution in [0.4, 0.5) is 34.1 Å². The Balaban J connectivity index is 1.08. The van der Waals surface area contributed by atoms with E-state index >= 15 is 0 Å². The topological polar surface area (TPSA) is 6.48 Å². The molecule has 11 rings (SSSR count). The van der Waals surface area contributed by atoms with Gasteiger partial charge in [-0.05, 0) is 122 Å². The van der Waals surface area contributed by atoms with Crippen LogP contribution in [0.25, 0.3) is 22.3 Å². The molecule has 0 heterocycles. The number of rotatable bonds is 7. The van der Waals surface area contributed by atoms with Crippen molar-refractivity contribution < 1.29 is 0 Å². The molecule has 0 atom stereocenters. The summed E-state index contributed by atoms with van der Waals surface area (Å²) in [5.74, 6) is 0. The Bertz CT molecular complexity index is 2950. The van der Waals surface area contributed by atoms with Crippen LogP contribution in [-0.4, -0.2) is 0 Å². The molecule has 0 unspecified atom stereocenters. The van der Waals surface area contributed by atoms with Crippen LogP contribution in [0, 0.1) is 0 Å². The summed E-state index contributed by atoms with van der Waals surface area (Å²) in [5, 5.41) is 0. The number of nitrogens with zero attached hydrogens (tertiary/aromatic N) is 2. The number of fused-ring (bicyclic) bond motifs is 9. The molecule has 9 aromatic carbocycles. The summed E-state index contributed by atoms with van der Waals surface area (Å²) >= 11 is 0. The van der Waals surface area contributed by atoms with Gasteiger partial charge in [0, 0.05) is 39.5 Å². The maximum absolute atomic E-state index is 2.44. The number of hydrogen-bond donors (Lipinski definition) is 0. The van der Waals surface area contributed by atoms with E-state index in [0.29, 0.717) is 0 Å². The van der Waals surface area contributed by atoms with Gasteiger partial charge in [-0.25, -0.2) is 0 Å². The van der Waals surface area contributed by atoms with Crippen LogP contribution in [0.2, 0.25) is 0 Å². The average Bonchev–Trinajstić information content (AvgIpc) is 3.60. The average molecular weight is 769 g/mol. The highest BCUT2D eigenvalue weighted by Gasteiger charge is 2.53. The largest absolute Gasteiger partial charge is 0.310 e. The summed E-state index contributed by atoms with van der Waals surface area (Å²) in [6.45, 7) is 4.76. The zero-order valence-electron chi connectivity index (χ0n) is 33.8. The molecule has 9 aromatic rings. The van der Waals surface area contributed by atoms with Crippen LogP contribution >= 0.6 is 0 Å². The van der Waals surface area contributed by atoms with Crippen LogP contribution < -0.4 is 9.80 Å². The van der Waals surface area contributed by atoms with Crippen molar-refractivity contribution in [1.29, 1.82) is 0 Å². The minimum atomic E-state index is -0.434. The molecular weight excluding hydrogens is 725 g/mol. The zero-order chi connectivity index (χ0) is 40.3. The van der Waals surface area contributed by atoms with Gasteiger partial charge in [0.1, 0.15) is 0 Å². The number of hydrogen-bond acceptors (Lipinski definition) is 2. The number of para-hydroxylation sites is 2. The van der Waals surface area contributed by atoms with Gasteiger partial charge in [-0.15, -0.1) is 0 Å². The molecule has 0 fully saturated rings. The minimum absolute atomic E-state index is 0.136. The zero-order valence-corrected chi connectivity index (χ0v) is 33.8. The molecule has 0 radical (unpaired) electrons. The van der Waals surface area contributed by atoms with Crippen molar-refractivity contribution in [3.8, 4) is 22.3 Å². The maximum Gasteiger partial charge on any atom is 0.0719 e. The SMILES string of the molecule is CC1(C)c2ccccc2C2(c3ccccc3-c3cc(N(c4ccccc4)c4cccc(N(c5ccccc5)c5ccc(-c6ccccc6)cc5)c4)ccc32)c2ccccc21. The Morgan fingerprint density at radius 3 is 1.23 bits per heavy atom. The molecule has 0 saturated carbocycles. The lowest BCUT2D eigenvalue weighted by Gasteiger charge is -2.46. The first-order valence-corrected chi connectivity index (χ1v) is 20.9. The second kappa shape index (κ2) is 14.1. The highest BCUT2D eigenvalue weighted by atomic mass is 15.2. The van der Waals surface area contributed by atoms with Crippen molar-refractivity contribution in [2.45, 2.75) is 24.7 Å². The lowest BCUT2D eigenvalue weighted by atomic mass is 9.55. The Morgan fingerprint density at radius 1 is 0.267 bits per heavy atom. The molecule has 0 amide bonds. The van der Waals surface area contributed by atoms with Gasteiger partial charge in [-0.2, -0.15) is 0 Å². The van der Waals surface area contributed by atoms with Gasteiger partial charge in [0.15, 0.2) is 0 Å². The molecule has 0 bridgehead atoms. The fraction of sp³-hybridized carbons (Fsp3) is 0.0690. The van der Waals surface area contributed by atoms with E-state index in [-0.39, 0.29) is 5.41 Å². The van der Waals surface area contributed by atoms with Gasteiger partial charge in [0.2, 0.25) is 0 Å². The van der Waals surface area contributed by atoms with Crippen molar-refractivity contribution in [2.75, 3.05) is 9.80 Å². The van der Waals surface area contributed by atoms with E-state index in [0.717, 1.165) is 34.1 Å². The summed E-state index contributed by atoms with van der Waals surface area (Å²) in [7, 11) is 0. The molecule has 286 valence electrons. The summed E-state index contributed by atoms with van der Waals surface area (Å²) in [6, 6.07) is 84.5. The van der Waals surface area contributed by atoms with E-state index in [4.69, 9.17) is 0 Å². The first-order chi connectivity index (χ1) is 29.5. The van der Waals surface area contributed by atoms with Crippen molar-refractivity contribution in [3.63, 3.8) is 0 Å². The maximum atomic E-state index is 2.44. The normalized spacial score (nSPS) is 13.8. The summed E-state index contributed by atoms with van der Waals surface area (Å²) in [5.41, 5.74) is 19.2. The molecular formula is C58H44N2. The third-order valence-corrected chi connectivity index (χ3v) is 12.9. The molecule has 0 saturated heterocycles. The van der Waals surface area contributed by atoms with Crippen LogP contribution in [0.3, 0.4) is 0 Å². The van der Waals surface area contributed by atoms with Gasteiger partial charge in [-0.1, -0.05) is 178 Å². The van der Waals surface area contributed by atoms with Crippen molar-refractivity contribution in [2.24, 2.45) is 0 Å². The molecule has 2 aliphatic rings. The molecule has 0 N–H and O–H groups in total. The molecule has 1 spiro atoms. The predicted octanol–water partition coefficient (Wildman–Crippen LogP) is 15.3. The van der Waals surface area contributed by atoms with Crippen LogP contribution in [0.5, 0.6) is 0 Å². The monoisotopic (exact) mass is 768 g/mol. The second-order valence-corrected chi connectivity index (χ2v) is 16.5. The molecule has 60 heavy (non-hydrogen) atoms. The Hall–Kier alpha value is -7.42. The highest BCUT2D eigenvalue weighted by Crippen LogP contribution is 2.62. The third-order valence-electron chi connectivity index (χ3n) is 12.9. The molecule has 0 aliphatic heterocycles. The highest BCUT2D eigenvalue weighted by molar-refractivity contribution is 5.92. The van der Waals surface area contributed by atoms with E-state index in [2.05, 4.69) is 254 Å². The van der Waals surface area contributed by atoms with Crippen LogP contribution in [0.1, 0.15) is 47.2 Å². The number of benzene rings is 9.